The molecule has 148 valence electrons. The van der Waals surface area contributed by atoms with Crippen LogP contribution in [0.15, 0.2) is 48.7 Å². The van der Waals surface area contributed by atoms with E-state index in [1.54, 1.807) is 6.20 Å². The maximum absolute atomic E-state index is 12.6. The molecule has 0 saturated carbocycles. The van der Waals surface area contributed by atoms with E-state index in [-0.39, 0.29) is 17.7 Å². The fraction of sp³-hybridized carbons (Fsp3) is 0.409. The van der Waals surface area contributed by atoms with Crippen LogP contribution < -0.4 is 10.2 Å². The standard InChI is InChI=1S/C22H28N4O2/c1-17-6-8-19(9-7-17)24-21(27)15-18(2)16-22(28)26-13-11-25(12-14-26)20-5-3-4-10-23-20/h3-10,18H,11-16H2,1-2H3,(H,24,27). The van der Waals surface area contributed by atoms with Crippen LogP contribution in [0.25, 0.3) is 0 Å². The van der Waals surface area contributed by atoms with Crippen LogP contribution in [-0.4, -0.2) is 47.9 Å². The Kier molecular flexibility index (Phi) is 6.63. The van der Waals surface area contributed by atoms with Crippen molar-refractivity contribution in [2.45, 2.75) is 26.7 Å². The number of benzene rings is 1. The van der Waals surface area contributed by atoms with Crippen molar-refractivity contribution in [3.8, 4) is 0 Å². The van der Waals surface area contributed by atoms with E-state index < -0.39 is 0 Å². The summed E-state index contributed by atoms with van der Waals surface area (Å²) in [5, 5.41) is 2.90. The van der Waals surface area contributed by atoms with Gasteiger partial charge in [-0.2, -0.15) is 0 Å². The third-order valence-corrected chi connectivity index (χ3v) is 5.00. The Morgan fingerprint density at radius 3 is 2.39 bits per heavy atom. The predicted molar refractivity (Wildman–Crippen MR) is 111 cm³/mol. The number of piperazine rings is 1. The fourth-order valence-electron chi connectivity index (χ4n) is 3.39. The van der Waals surface area contributed by atoms with Gasteiger partial charge in [-0.3, -0.25) is 9.59 Å². The molecule has 1 atom stereocenters. The van der Waals surface area contributed by atoms with Gasteiger partial charge in [-0.05, 0) is 37.1 Å². The molecule has 2 heterocycles. The summed E-state index contributed by atoms with van der Waals surface area (Å²) in [6.07, 6.45) is 2.52. The first-order valence-electron chi connectivity index (χ1n) is 9.81. The lowest BCUT2D eigenvalue weighted by Gasteiger charge is -2.35. The molecule has 1 unspecified atom stereocenters. The molecule has 2 amide bonds. The highest BCUT2D eigenvalue weighted by Crippen LogP contribution is 2.16. The van der Waals surface area contributed by atoms with Gasteiger partial charge in [0, 0.05) is 50.9 Å². The van der Waals surface area contributed by atoms with Crippen molar-refractivity contribution in [3.63, 3.8) is 0 Å². The summed E-state index contributed by atoms with van der Waals surface area (Å²) in [5.74, 6) is 1.03. The molecule has 1 aromatic carbocycles. The lowest BCUT2D eigenvalue weighted by molar-refractivity contribution is -0.132. The van der Waals surface area contributed by atoms with E-state index in [1.165, 1.54) is 0 Å². The number of carbonyl (C=O) groups excluding carboxylic acids is 2. The van der Waals surface area contributed by atoms with Crippen LogP contribution in [-0.2, 0) is 9.59 Å². The van der Waals surface area contributed by atoms with E-state index in [4.69, 9.17) is 0 Å². The molecule has 28 heavy (non-hydrogen) atoms. The molecule has 1 aromatic heterocycles. The molecule has 1 aliphatic rings. The summed E-state index contributed by atoms with van der Waals surface area (Å²) in [5.41, 5.74) is 1.94. The van der Waals surface area contributed by atoms with Crippen LogP contribution in [0.4, 0.5) is 11.5 Å². The number of amides is 2. The zero-order chi connectivity index (χ0) is 19.9. The summed E-state index contributed by atoms with van der Waals surface area (Å²) >= 11 is 0. The van der Waals surface area contributed by atoms with Gasteiger partial charge < -0.3 is 15.1 Å². The summed E-state index contributed by atoms with van der Waals surface area (Å²) < 4.78 is 0. The second-order valence-electron chi connectivity index (χ2n) is 7.48. The average molecular weight is 380 g/mol. The van der Waals surface area contributed by atoms with Gasteiger partial charge >= 0.3 is 0 Å². The molecule has 1 saturated heterocycles. The highest BCUT2D eigenvalue weighted by Gasteiger charge is 2.23. The first-order valence-corrected chi connectivity index (χ1v) is 9.81. The molecular formula is C22H28N4O2. The Morgan fingerprint density at radius 2 is 1.75 bits per heavy atom. The molecule has 0 spiro atoms. The Balaban J connectivity index is 1.41. The van der Waals surface area contributed by atoms with Crippen molar-refractivity contribution in [1.82, 2.24) is 9.88 Å². The second kappa shape index (κ2) is 9.35. The molecule has 0 aliphatic carbocycles. The second-order valence-corrected chi connectivity index (χ2v) is 7.48. The number of aryl methyl sites for hydroxylation is 1. The van der Waals surface area contributed by atoms with Gasteiger partial charge in [-0.25, -0.2) is 4.98 Å². The number of hydrogen-bond donors (Lipinski definition) is 1. The van der Waals surface area contributed by atoms with E-state index in [2.05, 4.69) is 15.2 Å². The van der Waals surface area contributed by atoms with Crippen molar-refractivity contribution < 1.29 is 9.59 Å². The van der Waals surface area contributed by atoms with E-state index in [0.29, 0.717) is 25.9 Å². The number of nitrogens with one attached hydrogen (secondary N) is 1. The molecule has 0 bridgehead atoms. The van der Waals surface area contributed by atoms with Crippen molar-refractivity contribution in [3.05, 3.63) is 54.2 Å². The number of aromatic nitrogens is 1. The fourth-order valence-corrected chi connectivity index (χ4v) is 3.39. The van der Waals surface area contributed by atoms with Crippen molar-refractivity contribution in [2.24, 2.45) is 5.92 Å². The maximum Gasteiger partial charge on any atom is 0.224 e. The highest BCUT2D eigenvalue weighted by molar-refractivity contribution is 5.91. The van der Waals surface area contributed by atoms with Gasteiger partial charge in [0.1, 0.15) is 5.82 Å². The minimum absolute atomic E-state index is 0.00627. The van der Waals surface area contributed by atoms with Crippen molar-refractivity contribution >= 4 is 23.3 Å². The molecule has 3 rings (SSSR count). The van der Waals surface area contributed by atoms with E-state index >= 15 is 0 Å². The molecule has 6 heteroatoms. The molecule has 1 fully saturated rings. The molecule has 0 radical (unpaired) electrons. The lowest BCUT2D eigenvalue weighted by Crippen LogP contribution is -2.49. The monoisotopic (exact) mass is 380 g/mol. The average Bonchev–Trinajstić information content (AvgIpc) is 2.70. The molecule has 1 aliphatic heterocycles. The number of carbonyl (C=O) groups is 2. The number of rotatable bonds is 6. The van der Waals surface area contributed by atoms with Crippen LogP contribution in [0.2, 0.25) is 0 Å². The number of pyridine rings is 1. The summed E-state index contributed by atoms with van der Waals surface area (Å²) in [4.78, 5) is 33.3. The minimum atomic E-state index is -0.0517. The zero-order valence-electron chi connectivity index (χ0n) is 16.6. The van der Waals surface area contributed by atoms with Crippen molar-refractivity contribution in [2.75, 3.05) is 36.4 Å². The van der Waals surface area contributed by atoms with Gasteiger partial charge in [0.25, 0.3) is 0 Å². The van der Waals surface area contributed by atoms with E-state index in [1.807, 2.05) is 61.2 Å². The summed E-state index contributed by atoms with van der Waals surface area (Å²) in [7, 11) is 0. The highest BCUT2D eigenvalue weighted by atomic mass is 16.2. The van der Waals surface area contributed by atoms with Gasteiger partial charge in [0.2, 0.25) is 11.8 Å². The minimum Gasteiger partial charge on any atom is -0.353 e. The van der Waals surface area contributed by atoms with Crippen LogP contribution >= 0.6 is 0 Å². The smallest absolute Gasteiger partial charge is 0.224 e. The molecule has 1 N–H and O–H groups in total. The summed E-state index contributed by atoms with van der Waals surface area (Å²) in [6.45, 7) is 6.91. The van der Waals surface area contributed by atoms with E-state index in [0.717, 1.165) is 30.2 Å². The van der Waals surface area contributed by atoms with Crippen LogP contribution in [0.3, 0.4) is 0 Å². The number of hydrogen-bond acceptors (Lipinski definition) is 4. The molecular weight excluding hydrogens is 352 g/mol. The Morgan fingerprint density at radius 1 is 1.04 bits per heavy atom. The molecule has 2 aromatic rings. The van der Waals surface area contributed by atoms with Crippen LogP contribution in [0.5, 0.6) is 0 Å². The van der Waals surface area contributed by atoms with Crippen LogP contribution in [0, 0.1) is 12.8 Å². The van der Waals surface area contributed by atoms with Gasteiger partial charge in [-0.1, -0.05) is 30.7 Å². The van der Waals surface area contributed by atoms with E-state index in [9.17, 15) is 9.59 Å². The normalized spacial score (nSPS) is 15.2. The Hall–Kier alpha value is -2.89. The third kappa shape index (κ3) is 5.55. The topological polar surface area (TPSA) is 65.5 Å². The Labute approximate surface area is 166 Å². The SMILES string of the molecule is Cc1ccc(NC(=O)CC(C)CC(=O)N2CCN(c3ccccn3)CC2)cc1. The van der Waals surface area contributed by atoms with Crippen LogP contribution in [0.1, 0.15) is 25.3 Å². The first-order chi connectivity index (χ1) is 13.5. The lowest BCUT2D eigenvalue weighted by atomic mass is 10.0. The van der Waals surface area contributed by atoms with Gasteiger partial charge in [-0.15, -0.1) is 0 Å². The zero-order valence-corrected chi connectivity index (χ0v) is 16.6. The van der Waals surface area contributed by atoms with Gasteiger partial charge in [0.05, 0.1) is 0 Å². The van der Waals surface area contributed by atoms with Crippen molar-refractivity contribution in [1.29, 1.82) is 0 Å². The Bertz CT molecular complexity index is 784. The largest absolute Gasteiger partial charge is 0.353 e. The third-order valence-electron chi connectivity index (χ3n) is 5.00. The number of nitrogens with zero attached hydrogens (tertiary/aromatic N) is 3. The summed E-state index contributed by atoms with van der Waals surface area (Å²) in [6, 6.07) is 13.6. The number of anilines is 2. The maximum atomic E-state index is 12.6. The predicted octanol–water partition coefficient (Wildman–Crippen LogP) is 3.09. The first kappa shape index (κ1) is 19.9. The van der Waals surface area contributed by atoms with Gasteiger partial charge in [0.15, 0.2) is 0 Å². The molecule has 6 nitrogen and oxygen atoms in total. The quantitative estimate of drug-likeness (QED) is 0.836.